The van der Waals surface area contributed by atoms with E-state index in [1.807, 2.05) is 19.1 Å². The quantitative estimate of drug-likeness (QED) is 0.687. The van der Waals surface area contributed by atoms with Gasteiger partial charge in [0.1, 0.15) is 12.4 Å². The Balaban J connectivity index is 2.08. The summed E-state index contributed by atoms with van der Waals surface area (Å²) in [5.41, 5.74) is 4.82. The molecule has 0 saturated carbocycles. The maximum absolute atomic E-state index is 10.3. The number of hydrogen-bond donors (Lipinski definition) is 2. The van der Waals surface area contributed by atoms with E-state index in [4.69, 9.17) is 10.2 Å². The number of nitrogens with one attached hydrogen (secondary N) is 1. The van der Waals surface area contributed by atoms with Crippen LogP contribution in [0.5, 0.6) is 0 Å². The molecule has 1 atom stereocenters. The molecule has 1 rings (SSSR count). The molecule has 0 saturated heterocycles. The van der Waals surface area contributed by atoms with Crippen molar-refractivity contribution >= 4 is 6.09 Å². The van der Waals surface area contributed by atoms with Crippen molar-refractivity contribution in [3.63, 3.8) is 0 Å². The van der Waals surface area contributed by atoms with Crippen LogP contribution >= 0.6 is 0 Å². The summed E-state index contributed by atoms with van der Waals surface area (Å²) in [4.78, 5) is 10.3. The Morgan fingerprint density at radius 3 is 3.13 bits per heavy atom. The highest BCUT2D eigenvalue weighted by Crippen LogP contribution is 2.03. The minimum atomic E-state index is -0.740. The summed E-state index contributed by atoms with van der Waals surface area (Å²) in [6, 6.07) is 4.06. The molecule has 1 aromatic heterocycles. The molecule has 0 spiro atoms. The Kier molecular flexibility index (Phi) is 4.70. The van der Waals surface area contributed by atoms with Crippen LogP contribution in [0.1, 0.15) is 12.7 Å². The van der Waals surface area contributed by atoms with Crippen LogP contribution in [-0.2, 0) is 11.2 Å². The molecule has 0 fully saturated rings. The molecule has 1 aromatic rings. The SMILES string of the molecule is CC(Cc1ccco1)NCCOC(N)=O. The lowest BCUT2D eigenvalue weighted by Crippen LogP contribution is -2.32. The molecular formula is C10H16N2O3. The first-order valence-corrected chi connectivity index (χ1v) is 4.86. The van der Waals surface area contributed by atoms with E-state index >= 15 is 0 Å². The molecule has 84 valence electrons. The van der Waals surface area contributed by atoms with Crippen LogP contribution in [-0.4, -0.2) is 25.3 Å². The van der Waals surface area contributed by atoms with Gasteiger partial charge in [0.15, 0.2) is 0 Å². The first-order valence-electron chi connectivity index (χ1n) is 4.86. The maximum Gasteiger partial charge on any atom is 0.404 e. The molecule has 5 heteroatoms. The van der Waals surface area contributed by atoms with Crippen molar-refractivity contribution in [1.29, 1.82) is 0 Å². The zero-order chi connectivity index (χ0) is 11.1. The summed E-state index contributed by atoms with van der Waals surface area (Å²) in [6.07, 6.45) is 1.72. The second kappa shape index (κ2) is 6.08. The highest BCUT2D eigenvalue weighted by Gasteiger charge is 2.04. The number of furan rings is 1. The van der Waals surface area contributed by atoms with Gasteiger partial charge in [-0.25, -0.2) is 4.79 Å². The molecule has 15 heavy (non-hydrogen) atoms. The smallest absolute Gasteiger partial charge is 0.404 e. The van der Waals surface area contributed by atoms with Crippen LogP contribution in [0.15, 0.2) is 22.8 Å². The monoisotopic (exact) mass is 212 g/mol. The third-order valence-corrected chi connectivity index (χ3v) is 1.93. The van der Waals surface area contributed by atoms with Gasteiger partial charge in [0.25, 0.3) is 0 Å². The number of ether oxygens (including phenoxy) is 1. The van der Waals surface area contributed by atoms with Gasteiger partial charge >= 0.3 is 6.09 Å². The Morgan fingerprint density at radius 1 is 1.73 bits per heavy atom. The van der Waals surface area contributed by atoms with E-state index in [0.717, 1.165) is 12.2 Å². The Bertz CT molecular complexity index is 285. The summed E-state index contributed by atoms with van der Waals surface area (Å²) >= 11 is 0. The number of nitrogens with two attached hydrogens (primary N) is 1. The van der Waals surface area contributed by atoms with E-state index in [-0.39, 0.29) is 12.6 Å². The molecule has 1 heterocycles. The fourth-order valence-electron chi connectivity index (χ4n) is 1.26. The molecule has 1 amide bonds. The van der Waals surface area contributed by atoms with Crippen molar-refractivity contribution in [2.24, 2.45) is 5.73 Å². The highest BCUT2D eigenvalue weighted by molar-refractivity contribution is 5.64. The van der Waals surface area contributed by atoms with Crippen LogP contribution in [0, 0.1) is 0 Å². The maximum atomic E-state index is 10.3. The zero-order valence-corrected chi connectivity index (χ0v) is 8.73. The lowest BCUT2D eigenvalue weighted by Gasteiger charge is -2.11. The fraction of sp³-hybridized carbons (Fsp3) is 0.500. The molecule has 3 N–H and O–H groups in total. The fourth-order valence-corrected chi connectivity index (χ4v) is 1.26. The largest absolute Gasteiger partial charge is 0.469 e. The van der Waals surface area contributed by atoms with Gasteiger partial charge in [0.2, 0.25) is 0 Å². The Hall–Kier alpha value is -1.49. The number of primary amides is 1. The van der Waals surface area contributed by atoms with E-state index < -0.39 is 6.09 Å². The minimum absolute atomic E-state index is 0.271. The standard InChI is InChI=1S/C10H16N2O3/c1-8(7-9-3-2-5-14-9)12-4-6-15-10(11)13/h2-3,5,8,12H,4,6-7H2,1H3,(H2,11,13). The third kappa shape index (κ3) is 5.07. The zero-order valence-electron chi connectivity index (χ0n) is 8.73. The predicted molar refractivity (Wildman–Crippen MR) is 55.4 cm³/mol. The number of hydrogen-bond acceptors (Lipinski definition) is 4. The van der Waals surface area contributed by atoms with Gasteiger partial charge in [-0.15, -0.1) is 0 Å². The van der Waals surface area contributed by atoms with Gasteiger partial charge in [-0.3, -0.25) is 0 Å². The minimum Gasteiger partial charge on any atom is -0.469 e. The van der Waals surface area contributed by atoms with Crippen LogP contribution in [0.2, 0.25) is 0 Å². The average molecular weight is 212 g/mol. The number of amides is 1. The normalized spacial score (nSPS) is 12.3. The first kappa shape index (κ1) is 11.6. The van der Waals surface area contributed by atoms with Crippen LogP contribution in [0.4, 0.5) is 4.79 Å². The highest BCUT2D eigenvalue weighted by atomic mass is 16.5. The topological polar surface area (TPSA) is 77.5 Å². The molecule has 5 nitrogen and oxygen atoms in total. The average Bonchev–Trinajstić information content (AvgIpc) is 2.64. The van der Waals surface area contributed by atoms with Gasteiger partial charge in [0.05, 0.1) is 6.26 Å². The molecule has 1 unspecified atom stereocenters. The third-order valence-electron chi connectivity index (χ3n) is 1.93. The molecular weight excluding hydrogens is 196 g/mol. The number of rotatable bonds is 6. The lowest BCUT2D eigenvalue weighted by atomic mass is 10.2. The summed E-state index contributed by atoms with van der Waals surface area (Å²) < 4.78 is 9.78. The van der Waals surface area contributed by atoms with Crippen molar-refractivity contribution < 1.29 is 13.9 Å². The summed E-state index contributed by atoms with van der Waals surface area (Å²) in [7, 11) is 0. The lowest BCUT2D eigenvalue weighted by molar-refractivity contribution is 0.156. The predicted octanol–water partition coefficient (Wildman–Crippen LogP) is 0.896. The molecule has 0 bridgehead atoms. The van der Waals surface area contributed by atoms with Crippen LogP contribution < -0.4 is 11.1 Å². The molecule has 0 aliphatic carbocycles. The van der Waals surface area contributed by atoms with E-state index in [9.17, 15) is 4.79 Å². The van der Waals surface area contributed by atoms with Gasteiger partial charge in [-0.2, -0.15) is 0 Å². The van der Waals surface area contributed by atoms with E-state index in [0.29, 0.717) is 6.54 Å². The van der Waals surface area contributed by atoms with Gasteiger partial charge < -0.3 is 20.2 Å². The van der Waals surface area contributed by atoms with Gasteiger partial charge in [-0.1, -0.05) is 0 Å². The number of carbonyl (C=O) groups excluding carboxylic acids is 1. The van der Waals surface area contributed by atoms with Crippen molar-refractivity contribution in [2.45, 2.75) is 19.4 Å². The molecule has 0 aliphatic rings. The van der Waals surface area contributed by atoms with Crippen molar-refractivity contribution in [3.05, 3.63) is 24.2 Å². The Labute approximate surface area is 88.6 Å². The van der Waals surface area contributed by atoms with E-state index in [1.165, 1.54) is 0 Å². The first-order chi connectivity index (χ1) is 7.18. The van der Waals surface area contributed by atoms with Crippen molar-refractivity contribution in [3.8, 4) is 0 Å². The van der Waals surface area contributed by atoms with Gasteiger partial charge in [-0.05, 0) is 19.1 Å². The summed E-state index contributed by atoms with van der Waals surface area (Å²) in [5, 5.41) is 3.18. The number of carbonyl (C=O) groups is 1. The summed E-state index contributed by atoms with van der Waals surface area (Å²) in [5.74, 6) is 0.936. The van der Waals surface area contributed by atoms with Crippen molar-refractivity contribution in [1.82, 2.24) is 5.32 Å². The second-order valence-corrected chi connectivity index (χ2v) is 3.31. The molecule has 0 radical (unpaired) electrons. The van der Waals surface area contributed by atoms with E-state index in [1.54, 1.807) is 6.26 Å². The second-order valence-electron chi connectivity index (χ2n) is 3.31. The van der Waals surface area contributed by atoms with Crippen LogP contribution in [0.25, 0.3) is 0 Å². The molecule has 0 aliphatic heterocycles. The van der Waals surface area contributed by atoms with Gasteiger partial charge in [0, 0.05) is 19.0 Å². The molecule has 0 aromatic carbocycles. The Morgan fingerprint density at radius 2 is 2.53 bits per heavy atom. The van der Waals surface area contributed by atoms with Crippen LogP contribution in [0.3, 0.4) is 0 Å². The van der Waals surface area contributed by atoms with E-state index in [2.05, 4.69) is 10.1 Å². The van der Waals surface area contributed by atoms with Crippen molar-refractivity contribution in [2.75, 3.05) is 13.2 Å². The summed E-state index contributed by atoms with van der Waals surface area (Å²) in [6.45, 7) is 2.91.